The topological polar surface area (TPSA) is 83.8 Å². The first kappa shape index (κ1) is 16.1. The normalized spacial score (nSPS) is 23.7. The second-order valence-corrected chi connectivity index (χ2v) is 4.26. The van der Waals surface area contributed by atoms with E-state index in [-0.39, 0.29) is 5.56 Å². The molecule has 6 nitrogen and oxygen atoms in total. The molecular formula is C11H8F5N3O3. The average Bonchev–Trinajstić information content (AvgIpc) is 2.69. The molecule has 1 atom stereocenters. The molecule has 0 aliphatic carbocycles. The van der Waals surface area contributed by atoms with Gasteiger partial charge in [-0.3, -0.25) is 9.78 Å². The molecule has 2 rings (SSSR count). The summed E-state index contributed by atoms with van der Waals surface area (Å²) in [6.45, 7) is 0. The Morgan fingerprint density at radius 1 is 1.36 bits per heavy atom. The van der Waals surface area contributed by atoms with Crippen molar-refractivity contribution >= 4 is 11.6 Å². The molecule has 120 valence electrons. The van der Waals surface area contributed by atoms with Crippen molar-refractivity contribution in [2.45, 2.75) is 17.9 Å². The van der Waals surface area contributed by atoms with Crippen LogP contribution in [-0.4, -0.2) is 46.6 Å². The van der Waals surface area contributed by atoms with E-state index in [1.54, 1.807) is 0 Å². The molecule has 2 heterocycles. The van der Waals surface area contributed by atoms with E-state index in [1.807, 2.05) is 0 Å². The molecule has 22 heavy (non-hydrogen) atoms. The number of nitrogens with zero attached hydrogens (tertiary/aromatic N) is 2. The summed E-state index contributed by atoms with van der Waals surface area (Å²) in [6, 6.07) is 1.92. The number of alkyl halides is 5. The SMILES string of the molecule is CNC(=O)c1ccc(C2=NOC(O)(C(F)(F)F)C2(F)F)nc1. The van der Waals surface area contributed by atoms with E-state index >= 15 is 0 Å². The van der Waals surface area contributed by atoms with E-state index in [2.05, 4.69) is 20.3 Å². The number of aliphatic hydroxyl groups is 1. The van der Waals surface area contributed by atoms with Crippen LogP contribution in [0.1, 0.15) is 16.1 Å². The Morgan fingerprint density at radius 3 is 2.41 bits per heavy atom. The number of amides is 1. The third-order valence-corrected chi connectivity index (χ3v) is 2.87. The molecular weight excluding hydrogens is 317 g/mol. The third kappa shape index (κ3) is 2.17. The molecule has 1 unspecified atom stereocenters. The van der Waals surface area contributed by atoms with Crippen LogP contribution in [0.3, 0.4) is 0 Å². The number of hydrogen-bond acceptors (Lipinski definition) is 5. The zero-order valence-corrected chi connectivity index (χ0v) is 10.8. The van der Waals surface area contributed by atoms with Crippen LogP contribution in [0.2, 0.25) is 0 Å². The van der Waals surface area contributed by atoms with Crippen molar-refractivity contribution in [1.82, 2.24) is 10.3 Å². The van der Waals surface area contributed by atoms with Gasteiger partial charge in [0.1, 0.15) is 0 Å². The Labute approximate surface area is 119 Å². The monoisotopic (exact) mass is 325 g/mol. The van der Waals surface area contributed by atoms with Gasteiger partial charge < -0.3 is 15.3 Å². The number of carbonyl (C=O) groups is 1. The van der Waals surface area contributed by atoms with Gasteiger partial charge in [-0.05, 0) is 12.1 Å². The molecule has 0 saturated carbocycles. The number of oxime groups is 1. The minimum atomic E-state index is -5.77. The number of pyridine rings is 1. The molecule has 0 aromatic carbocycles. The van der Waals surface area contributed by atoms with Gasteiger partial charge in [0, 0.05) is 13.2 Å². The minimum absolute atomic E-state index is 0.000153. The lowest BCUT2D eigenvalue weighted by Gasteiger charge is -2.28. The van der Waals surface area contributed by atoms with Crippen molar-refractivity contribution in [3.05, 3.63) is 29.6 Å². The lowest BCUT2D eigenvalue weighted by atomic mass is 10.0. The first-order valence-corrected chi connectivity index (χ1v) is 5.66. The maximum atomic E-state index is 13.8. The fourth-order valence-corrected chi connectivity index (χ4v) is 1.64. The Hall–Kier alpha value is -2.30. The molecule has 0 bridgehead atoms. The van der Waals surface area contributed by atoms with E-state index in [1.165, 1.54) is 7.05 Å². The van der Waals surface area contributed by atoms with Crippen LogP contribution in [0.25, 0.3) is 0 Å². The van der Waals surface area contributed by atoms with E-state index in [0.717, 1.165) is 18.3 Å². The highest BCUT2D eigenvalue weighted by Gasteiger charge is 2.78. The van der Waals surface area contributed by atoms with Crippen LogP contribution >= 0.6 is 0 Å². The summed E-state index contributed by atoms with van der Waals surface area (Å²) in [5, 5.41) is 13.9. The number of aromatic nitrogens is 1. The van der Waals surface area contributed by atoms with Crippen molar-refractivity contribution in [2.75, 3.05) is 7.05 Å². The quantitative estimate of drug-likeness (QED) is 0.797. The van der Waals surface area contributed by atoms with E-state index in [9.17, 15) is 26.7 Å². The number of nitrogens with one attached hydrogen (secondary N) is 1. The van der Waals surface area contributed by atoms with E-state index < -0.39 is 35.2 Å². The number of halogens is 5. The number of carbonyl (C=O) groups excluding carboxylic acids is 1. The van der Waals surface area contributed by atoms with Gasteiger partial charge in [0.15, 0.2) is 5.71 Å². The summed E-state index contributed by atoms with van der Waals surface area (Å²) < 4.78 is 65.3. The van der Waals surface area contributed by atoms with Crippen molar-refractivity contribution in [2.24, 2.45) is 5.16 Å². The largest absolute Gasteiger partial charge is 0.464 e. The lowest BCUT2D eigenvalue weighted by molar-refractivity contribution is -0.404. The van der Waals surface area contributed by atoms with Crippen LogP contribution in [0.15, 0.2) is 23.5 Å². The first-order chi connectivity index (χ1) is 10.0. The highest BCUT2D eigenvalue weighted by Crippen LogP contribution is 2.48. The molecule has 2 N–H and O–H groups in total. The molecule has 1 aliphatic rings. The zero-order chi connectivity index (χ0) is 16.8. The summed E-state index contributed by atoms with van der Waals surface area (Å²) in [6.07, 6.45) is -4.90. The molecule has 1 aromatic rings. The van der Waals surface area contributed by atoms with Crippen LogP contribution in [0, 0.1) is 0 Å². The van der Waals surface area contributed by atoms with Crippen molar-refractivity contribution in [3.8, 4) is 0 Å². The molecule has 0 saturated heterocycles. The second-order valence-electron chi connectivity index (χ2n) is 4.26. The Kier molecular flexibility index (Phi) is 3.56. The molecule has 11 heteroatoms. The third-order valence-electron chi connectivity index (χ3n) is 2.87. The predicted molar refractivity (Wildman–Crippen MR) is 61.2 cm³/mol. The molecule has 1 aliphatic heterocycles. The van der Waals surface area contributed by atoms with Gasteiger partial charge in [0.05, 0.1) is 11.3 Å². The van der Waals surface area contributed by atoms with Crippen molar-refractivity contribution in [1.29, 1.82) is 0 Å². The molecule has 0 radical (unpaired) electrons. The van der Waals surface area contributed by atoms with E-state index in [0.29, 0.717) is 0 Å². The van der Waals surface area contributed by atoms with Gasteiger partial charge in [0.2, 0.25) is 0 Å². The van der Waals surface area contributed by atoms with Crippen LogP contribution in [0.4, 0.5) is 22.0 Å². The Balaban J connectivity index is 2.37. The minimum Gasteiger partial charge on any atom is -0.355 e. The Bertz CT molecular complexity index is 629. The maximum Gasteiger partial charge on any atom is 0.464 e. The van der Waals surface area contributed by atoms with Crippen LogP contribution in [0.5, 0.6) is 0 Å². The fraction of sp³-hybridized carbons (Fsp3) is 0.364. The summed E-state index contributed by atoms with van der Waals surface area (Å²) in [4.78, 5) is 18.2. The average molecular weight is 325 g/mol. The highest BCUT2D eigenvalue weighted by molar-refractivity contribution is 6.06. The second kappa shape index (κ2) is 4.87. The van der Waals surface area contributed by atoms with Crippen LogP contribution in [-0.2, 0) is 4.84 Å². The number of hydrogen-bond donors (Lipinski definition) is 2. The highest BCUT2D eigenvalue weighted by atomic mass is 19.4. The zero-order valence-electron chi connectivity index (χ0n) is 10.8. The number of rotatable bonds is 2. The van der Waals surface area contributed by atoms with Gasteiger partial charge in [-0.25, -0.2) is 0 Å². The summed E-state index contributed by atoms with van der Waals surface area (Å²) in [5.74, 6) is -10.2. The molecule has 1 aromatic heterocycles. The van der Waals surface area contributed by atoms with Gasteiger partial charge >= 0.3 is 17.9 Å². The first-order valence-electron chi connectivity index (χ1n) is 5.66. The molecule has 0 spiro atoms. The van der Waals surface area contributed by atoms with Gasteiger partial charge in [0.25, 0.3) is 5.91 Å². The van der Waals surface area contributed by atoms with E-state index in [4.69, 9.17) is 5.11 Å². The van der Waals surface area contributed by atoms with Gasteiger partial charge in [-0.1, -0.05) is 5.16 Å². The predicted octanol–water partition coefficient (Wildman–Crippen LogP) is 1.06. The molecule has 1 amide bonds. The summed E-state index contributed by atoms with van der Waals surface area (Å²) in [7, 11) is 1.32. The fourth-order valence-electron chi connectivity index (χ4n) is 1.64. The maximum absolute atomic E-state index is 13.8. The lowest BCUT2D eigenvalue weighted by Crippen LogP contribution is -2.59. The summed E-state index contributed by atoms with van der Waals surface area (Å²) in [5.41, 5.74) is -2.16. The Morgan fingerprint density at radius 2 is 2.00 bits per heavy atom. The smallest absolute Gasteiger partial charge is 0.355 e. The molecule has 0 fully saturated rings. The standard InChI is InChI=1S/C11H8F5N3O3/c1-17-8(20)5-2-3-6(18-4-5)7-9(12,13)10(21,22-19-7)11(14,15)16/h2-4,21H,1H3,(H,17,20). The van der Waals surface area contributed by atoms with Crippen molar-refractivity contribution in [3.63, 3.8) is 0 Å². The van der Waals surface area contributed by atoms with Gasteiger partial charge in [-0.2, -0.15) is 22.0 Å². The van der Waals surface area contributed by atoms with Crippen molar-refractivity contribution < 1.29 is 36.7 Å². The summed E-state index contributed by atoms with van der Waals surface area (Å²) >= 11 is 0. The van der Waals surface area contributed by atoms with Crippen LogP contribution < -0.4 is 5.32 Å². The van der Waals surface area contributed by atoms with Gasteiger partial charge in [-0.15, -0.1) is 0 Å².